The quantitative estimate of drug-likeness (QED) is 0.822. The van der Waals surface area contributed by atoms with E-state index in [1.807, 2.05) is 20.2 Å². The molecule has 3 rings (SSSR count). The molecule has 7 nitrogen and oxygen atoms in total. The van der Waals surface area contributed by atoms with E-state index < -0.39 is 5.97 Å². The van der Waals surface area contributed by atoms with Gasteiger partial charge in [0.1, 0.15) is 0 Å². The third-order valence-electron chi connectivity index (χ3n) is 4.61. The first kappa shape index (κ1) is 17.2. The van der Waals surface area contributed by atoms with Crippen LogP contribution in [0.1, 0.15) is 27.4 Å². The van der Waals surface area contributed by atoms with E-state index in [1.54, 1.807) is 29.1 Å². The second-order valence-corrected chi connectivity index (χ2v) is 6.33. The number of carbonyl (C=O) groups is 2. The van der Waals surface area contributed by atoms with Crippen LogP contribution in [0.3, 0.4) is 0 Å². The van der Waals surface area contributed by atoms with E-state index in [0.29, 0.717) is 17.8 Å². The van der Waals surface area contributed by atoms with Gasteiger partial charge in [-0.15, -0.1) is 0 Å². The van der Waals surface area contributed by atoms with Crippen molar-refractivity contribution in [3.8, 4) is 0 Å². The average molecular weight is 342 g/mol. The number of rotatable bonds is 4. The highest BCUT2D eigenvalue weighted by Gasteiger charge is 2.34. The molecule has 0 saturated carbocycles. The first-order valence-corrected chi connectivity index (χ1v) is 8.18. The lowest BCUT2D eigenvalue weighted by molar-refractivity contribution is -0.119. The van der Waals surface area contributed by atoms with Crippen LogP contribution >= 0.6 is 0 Å². The summed E-state index contributed by atoms with van der Waals surface area (Å²) in [6, 6.07) is 5.25. The van der Waals surface area contributed by atoms with Crippen LogP contribution in [0, 0.1) is 12.8 Å². The van der Waals surface area contributed by atoms with Gasteiger partial charge in [-0.3, -0.25) is 9.48 Å². The summed E-state index contributed by atoms with van der Waals surface area (Å²) in [5, 5.41) is 10.4. The number of aryl methyl sites for hydroxylation is 2. The lowest BCUT2D eigenvalue weighted by atomic mass is 9.90. The fourth-order valence-electron chi connectivity index (χ4n) is 3.20. The van der Waals surface area contributed by atoms with Gasteiger partial charge in [0.05, 0.1) is 24.8 Å². The topological polar surface area (TPSA) is 85.2 Å². The zero-order chi connectivity index (χ0) is 18.0. The maximum atomic E-state index is 12.7. The van der Waals surface area contributed by atoms with E-state index in [1.165, 1.54) is 7.11 Å². The molecule has 132 valence electrons. The molecule has 1 aromatic carbocycles. The summed E-state index contributed by atoms with van der Waals surface area (Å²) >= 11 is 0. The van der Waals surface area contributed by atoms with Crippen molar-refractivity contribution in [2.24, 2.45) is 13.0 Å². The van der Waals surface area contributed by atoms with Gasteiger partial charge in [-0.05, 0) is 30.2 Å². The third-order valence-corrected chi connectivity index (χ3v) is 4.61. The predicted octanol–water partition coefficient (Wildman–Crippen LogP) is 1.46. The second kappa shape index (κ2) is 7.06. The van der Waals surface area contributed by atoms with Crippen molar-refractivity contribution in [3.63, 3.8) is 0 Å². The van der Waals surface area contributed by atoms with E-state index in [9.17, 15) is 9.59 Å². The number of ether oxygens (including phenoxy) is 1. The third kappa shape index (κ3) is 3.56. The molecule has 0 radical (unpaired) electrons. The molecule has 0 spiro atoms. The van der Waals surface area contributed by atoms with Crippen molar-refractivity contribution in [3.05, 3.63) is 47.3 Å². The van der Waals surface area contributed by atoms with Gasteiger partial charge in [0.25, 0.3) is 0 Å². The van der Waals surface area contributed by atoms with Crippen molar-refractivity contribution in [1.29, 1.82) is 0 Å². The van der Waals surface area contributed by atoms with Crippen molar-refractivity contribution in [2.75, 3.05) is 25.5 Å². The zero-order valence-electron chi connectivity index (χ0n) is 14.6. The lowest BCUT2D eigenvalue weighted by Crippen LogP contribution is -2.28. The molecule has 2 N–H and O–H groups in total. The maximum absolute atomic E-state index is 12.7. The van der Waals surface area contributed by atoms with Crippen LogP contribution in [0.15, 0.2) is 30.6 Å². The second-order valence-electron chi connectivity index (χ2n) is 6.33. The SMILES string of the molecule is COC(=O)c1cc(NC(=O)[C@H]2CNC[C@@H]2c2cnn(C)c2)ccc1C. The standard InChI is InChI=1S/C18H22N4O3/c1-11-4-5-13(6-14(11)18(24)25-3)21-17(23)16-9-19-8-15(16)12-7-20-22(2)10-12/h4-7,10,15-16,19H,8-9H2,1-3H3,(H,21,23)/t15-,16+/m1/s1. The van der Waals surface area contributed by atoms with Gasteiger partial charge in [-0.25, -0.2) is 4.79 Å². The van der Waals surface area contributed by atoms with Gasteiger partial charge in [0.2, 0.25) is 5.91 Å². The van der Waals surface area contributed by atoms with Gasteiger partial charge in [-0.2, -0.15) is 5.10 Å². The molecule has 0 aliphatic carbocycles. The fraction of sp³-hybridized carbons (Fsp3) is 0.389. The van der Waals surface area contributed by atoms with Crippen LogP contribution in [0.25, 0.3) is 0 Å². The molecule has 1 aromatic heterocycles. The Balaban J connectivity index is 1.76. The van der Waals surface area contributed by atoms with Crippen molar-refractivity contribution in [2.45, 2.75) is 12.8 Å². The molecule has 0 unspecified atom stereocenters. The molecule has 1 saturated heterocycles. The van der Waals surface area contributed by atoms with Crippen LogP contribution in [0.2, 0.25) is 0 Å². The molecule has 2 aromatic rings. The summed E-state index contributed by atoms with van der Waals surface area (Å²) in [5.74, 6) is -0.589. The number of anilines is 1. The summed E-state index contributed by atoms with van der Waals surface area (Å²) < 4.78 is 6.52. The molecule has 1 amide bonds. The minimum Gasteiger partial charge on any atom is -0.465 e. The number of benzene rings is 1. The van der Waals surface area contributed by atoms with Crippen LogP contribution in [-0.2, 0) is 16.6 Å². The predicted molar refractivity (Wildman–Crippen MR) is 93.5 cm³/mol. The summed E-state index contributed by atoms with van der Waals surface area (Å²) in [6.45, 7) is 3.18. The van der Waals surface area contributed by atoms with Crippen molar-refractivity contribution < 1.29 is 14.3 Å². The van der Waals surface area contributed by atoms with Gasteiger partial charge in [0, 0.05) is 37.9 Å². The number of hydrogen-bond acceptors (Lipinski definition) is 5. The summed E-state index contributed by atoms with van der Waals surface area (Å²) in [7, 11) is 3.21. The van der Waals surface area contributed by atoms with Crippen LogP contribution in [0.4, 0.5) is 5.69 Å². The van der Waals surface area contributed by atoms with Crippen LogP contribution in [0.5, 0.6) is 0 Å². The molecule has 1 aliphatic rings. The number of aromatic nitrogens is 2. The van der Waals surface area contributed by atoms with Crippen molar-refractivity contribution in [1.82, 2.24) is 15.1 Å². The fourth-order valence-corrected chi connectivity index (χ4v) is 3.20. The number of nitrogens with zero attached hydrogens (tertiary/aromatic N) is 2. The maximum Gasteiger partial charge on any atom is 0.338 e. The van der Waals surface area contributed by atoms with E-state index in [-0.39, 0.29) is 17.7 Å². The Labute approximate surface area is 146 Å². The normalized spacial score (nSPS) is 19.6. The number of carbonyl (C=O) groups excluding carboxylic acids is 2. The van der Waals surface area contributed by atoms with Crippen LogP contribution in [-0.4, -0.2) is 41.9 Å². The number of methoxy groups -OCH3 is 1. The van der Waals surface area contributed by atoms with Gasteiger partial charge >= 0.3 is 5.97 Å². The molecular weight excluding hydrogens is 320 g/mol. The minimum atomic E-state index is -0.413. The zero-order valence-corrected chi connectivity index (χ0v) is 14.6. The first-order chi connectivity index (χ1) is 12.0. The van der Waals surface area contributed by atoms with Gasteiger partial charge in [0.15, 0.2) is 0 Å². The van der Waals surface area contributed by atoms with Crippen LogP contribution < -0.4 is 10.6 Å². The Morgan fingerprint density at radius 2 is 2.16 bits per heavy atom. The van der Waals surface area contributed by atoms with E-state index in [0.717, 1.165) is 17.7 Å². The van der Waals surface area contributed by atoms with Gasteiger partial charge < -0.3 is 15.4 Å². The van der Waals surface area contributed by atoms with Crippen molar-refractivity contribution >= 4 is 17.6 Å². The first-order valence-electron chi connectivity index (χ1n) is 8.18. The number of esters is 1. The lowest BCUT2D eigenvalue weighted by Gasteiger charge is -2.17. The Kier molecular flexibility index (Phi) is 4.85. The molecule has 1 fully saturated rings. The summed E-state index contributed by atoms with van der Waals surface area (Å²) in [4.78, 5) is 24.6. The molecule has 2 heterocycles. The highest BCUT2D eigenvalue weighted by Crippen LogP contribution is 2.29. The number of nitrogens with one attached hydrogen (secondary N) is 2. The minimum absolute atomic E-state index is 0.0708. The average Bonchev–Trinajstić information content (AvgIpc) is 3.24. The van der Waals surface area contributed by atoms with E-state index >= 15 is 0 Å². The molecule has 0 bridgehead atoms. The highest BCUT2D eigenvalue weighted by molar-refractivity contribution is 5.96. The molecule has 7 heteroatoms. The Morgan fingerprint density at radius 3 is 2.84 bits per heavy atom. The molecule has 1 aliphatic heterocycles. The van der Waals surface area contributed by atoms with Gasteiger partial charge in [-0.1, -0.05) is 6.07 Å². The molecule has 25 heavy (non-hydrogen) atoms. The Morgan fingerprint density at radius 1 is 1.36 bits per heavy atom. The highest BCUT2D eigenvalue weighted by atomic mass is 16.5. The Bertz CT molecular complexity index is 799. The molecular formula is C18H22N4O3. The smallest absolute Gasteiger partial charge is 0.338 e. The van der Waals surface area contributed by atoms with E-state index in [2.05, 4.69) is 15.7 Å². The number of amides is 1. The molecule has 2 atom stereocenters. The summed E-state index contributed by atoms with van der Waals surface area (Å²) in [6.07, 6.45) is 3.75. The number of hydrogen-bond donors (Lipinski definition) is 2. The summed E-state index contributed by atoms with van der Waals surface area (Å²) in [5.41, 5.74) is 2.90. The van der Waals surface area contributed by atoms with E-state index in [4.69, 9.17) is 4.74 Å². The Hall–Kier alpha value is -2.67. The largest absolute Gasteiger partial charge is 0.465 e. The monoisotopic (exact) mass is 342 g/mol.